The highest BCUT2D eigenvalue weighted by atomic mass is 16.6. The fourth-order valence-electron chi connectivity index (χ4n) is 2.81. The topological polar surface area (TPSA) is 84.4 Å². The van der Waals surface area contributed by atoms with E-state index < -0.39 is 5.60 Å². The van der Waals surface area contributed by atoms with Gasteiger partial charge in [0.2, 0.25) is 0 Å². The number of ether oxygens (including phenoxy) is 3. The largest absolute Gasteiger partial charge is 0.444 e. The van der Waals surface area contributed by atoms with Crippen molar-refractivity contribution in [3.63, 3.8) is 0 Å². The maximum Gasteiger partial charge on any atom is 0.407 e. The van der Waals surface area contributed by atoms with E-state index >= 15 is 0 Å². The molecule has 0 bridgehead atoms. The number of aliphatic imine (C=N–C) groups is 1. The van der Waals surface area contributed by atoms with Gasteiger partial charge in [0.1, 0.15) is 5.60 Å². The van der Waals surface area contributed by atoms with E-state index in [9.17, 15) is 4.79 Å². The highest BCUT2D eigenvalue weighted by Crippen LogP contribution is 2.14. The van der Waals surface area contributed by atoms with Gasteiger partial charge in [0.25, 0.3) is 0 Å². The molecule has 1 heterocycles. The zero-order valence-electron chi connectivity index (χ0n) is 17.7. The second kappa shape index (κ2) is 12.8. The molecule has 27 heavy (non-hydrogen) atoms. The summed E-state index contributed by atoms with van der Waals surface area (Å²) in [4.78, 5) is 18.2. The molecule has 0 aromatic heterocycles. The molecule has 1 amide bonds. The smallest absolute Gasteiger partial charge is 0.407 e. The molecule has 0 atom stereocenters. The Kier molecular flexibility index (Phi) is 11.1. The summed E-state index contributed by atoms with van der Waals surface area (Å²) in [5.74, 6) is 0.908. The number of nitrogens with zero attached hydrogens (tertiary/aromatic N) is 2. The highest BCUT2D eigenvalue weighted by Gasteiger charge is 2.21. The molecule has 0 spiro atoms. The van der Waals surface area contributed by atoms with Crippen LogP contribution in [0.1, 0.15) is 46.5 Å². The molecule has 1 rings (SSSR count). The van der Waals surface area contributed by atoms with E-state index in [4.69, 9.17) is 14.2 Å². The summed E-state index contributed by atoms with van der Waals surface area (Å²) in [7, 11) is 3.51. The Morgan fingerprint density at radius 2 is 1.78 bits per heavy atom. The van der Waals surface area contributed by atoms with Crippen molar-refractivity contribution in [2.45, 2.75) is 58.2 Å². The number of nitrogens with one attached hydrogen (secondary N) is 2. The van der Waals surface area contributed by atoms with Crippen LogP contribution in [0.2, 0.25) is 0 Å². The van der Waals surface area contributed by atoms with Crippen LogP contribution in [0.3, 0.4) is 0 Å². The third-order valence-corrected chi connectivity index (χ3v) is 4.10. The van der Waals surface area contributed by atoms with E-state index in [1.807, 2.05) is 20.8 Å². The number of hydrogen-bond donors (Lipinski definition) is 2. The number of carbonyl (C=O) groups is 1. The number of piperidine rings is 1. The predicted molar refractivity (Wildman–Crippen MR) is 107 cm³/mol. The first-order chi connectivity index (χ1) is 12.9. The first-order valence-electron chi connectivity index (χ1n) is 9.88. The van der Waals surface area contributed by atoms with Gasteiger partial charge in [0, 0.05) is 53.6 Å². The van der Waals surface area contributed by atoms with Crippen molar-refractivity contribution < 1.29 is 19.0 Å². The molecule has 8 heteroatoms. The van der Waals surface area contributed by atoms with E-state index in [0.717, 1.165) is 64.5 Å². The van der Waals surface area contributed by atoms with Gasteiger partial charge in [-0.3, -0.25) is 4.99 Å². The van der Waals surface area contributed by atoms with Crippen LogP contribution < -0.4 is 10.6 Å². The summed E-state index contributed by atoms with van der Waals surface area (Å²) >= 11 is 0. The Morgan fingerprint density at radius 1 is 1.11 bits per heavy atom. The minimum absolute atomic E-state index is 0.328. The van der Waals surface area contributed by atoms with Crippen LogP contribution in [-0.4, -0.2) is 82.2 Å². The monoisotopic (exact) mass is 386 g/mol. The van der Waals surface area contributed by atoms with E-state index in [0.29, 0.717) is 12.6 Å². The average molecular weight is 387 g/mol. The highest BCUT2D eigenvalue weighted by molar-refractivity contribution is 5.79. The molecule has 1 saturated heterocycles. The molecule has 1 fully saturated rings. The van der Waals surface area contributed by atoms with E-state index in [-0.39, 0.29) is 6.09 Å². The maximum absolute atomic E-state index is 11.6. The van der Waals surface area contributed by atoms with Crippen molar-refractivity contribution in [3.8, 4) is 0 Å². The third-order valence-electron chi connectivity index (χ3n) is 4.10. The van der Waals surface area contributed by atoms with Crippen molar-refractivity contribution in [2.24, 2.45) is 4.99 Å². The molecular formula is C19H38N4O4. The van der Waals surface area contributed by atoms with Crippen LogP contribution in [0, 0.1) is 0 Å². The van der Waals surface area contributed by atoms with Crippen molar-refractivity contribution in [1.29, 1.82) is 0 Å². The van der Waals surface area contributed by atoms with Crippen LogP contribution in [0.25, 0.3) is 0 Å². The first-order valence-corrected chi connectivity index (χ1v) is 9.88. The van der Waals surface area contributed by atoms with Gasteiger partial charge >= 0.3 is 6.09 Å². The lowest BCUT2D eigenvalue weighted by Gasteiger charge is -2.34. The number of rotatable bonds is 9. The number of amides is 1. The van der Waals surface area contributed by atoms with Crippen LogP contribution in [0.5, 0.6) is 0 Å². The first kappa shape index (κ1) is 23.5. The lowest BCUT2D eigenvalue weighted by molar-refractivity contribution is 0.00991. The molecule has 0 saturated carbocycles. The Bertz CT molecular complexity index is 443. The number of likely N-dealkylation sites (tertiary alicyclic amines) is 1. The zero-order chi connectivity index (χ0) is 20.1. The Balaban J connectivity index is 2.16. The molecule has 158 valence electrons. The van der Waals surface area contributed by atoms with Crippen molar-refractivity contribution >= 4 is 12.1 Å². The molecule has 0 aliphatic carbocycles. The van der Waals surface area contributed by atoms with Gasteiger partial charge in [0.05, 0.1) is 6.10 Å². The van der Waals surface area contributed by atoms with Crippen molar-refractivity contribution in [2.75, 3.05) is 53.6 Å². The number of hydrogen-bond acceptors (Lipinski definition) is 5. The standard InChI is InChI=1S/C19H38N4O4/c1-19(2,3)27-18(24)22-11-6-10-21-17(20-4)23-12-8-16(9-13-23)26-15-7-14-25-5/h16H,6-15H2,1-5H3,(H,20,21)(H,22,24). The van der Waals surface area contributed by atoms with E-state index in [2.05, 4.69) is 20.5 Å². The second-order valence-electron chi connectivity index (χ2n) is 7.66. The summed E-state index contributed by atoms with van der Waals surface area (Å²) < 4.78 is 16.2. The van der Waals surface area contributed by atoms with Gasteiger partial charge in [-0.1, -0.05) is 0 Å². The third kappa shape index (κ3) is 11.0. The fraction of sp³-hybridized carbons (Fsp3) is 0.895. The zero-order valence-corrected chi connectivity index (χ0v) is 17.7. The predicted octanol–water partition coefficient (Wildman–Crippen LogP) is 1.99. The van der Waals surface area contributed by atoms with Gasteiger partial charge in [-0.25, -0.2) is 4.79 Å². The summed E-state index contributed by atoms with van der Waals surface area (Å²) in [6.45, 7) is 10.2. The van der Waals surface area contributed by atoms with Gasteiger partial charge < -0.3 is 29.7 Å². The summed E-state index contributed by atoms with van der Waals surface area (Å²) in [5.41, 5.74) is -0.468. The normalized spacial score (nSPS) is 16.3. The Hall–Kier alpha value is -1.54. The van der Waals surface area contributed by atoms with Crippen LogP contribution in [-0.2, 0) is 14.2 Å². The molecule has 0 radical (unpaired) electrons. The molecule has 0 aromatic carbocycles. The number of guanidine groups is 1. The maximum atomic E-state index is 11.6. The van der Waals surface area contributed by atoms with Gasteiger partial charge in [-0.15, -0.1) is 0 Å². The molecule has 8 nitrogen and oxygen atoms in total. The van der Waals surface area contributed by atoms with E-state index in [1.165, 1.54) is 0 Å². The van der Waals surface area contributed by atoms with Crippen LogP contribution >= 0.6 is 0 Å². The van der Waals surface area contributed by atoms with Crippen molar-refractivity contribution in [3.05, 3.63) is 0 Å². The van der Waals surface area contributed by atoms with E-state index in [1.54, 1.807) is 14.2 Å². The minimum atomic E-state index is -0.468. The number of methoxy groups -OCH3 is 1. The number of alkyl carbamates (subject to hydrolysis) is 1. The molecule has 1 aliphatic rings. The molecule has 0 aromatic rings. The lowest BCUT2D eigenvalue weighted by atomic mass is 10.1. The van der Waals surface area contributed by atoms with Gasteiger partial charge in [-0.05, 0) is 46.5 Å². The second-order valence-corrected chi connectivity index (χ2v) is 7.66. The van der Waals surface area contributed by atoms with Crippen LogP contribution in [0.4, 0.5) is 4.79 Å². The van der Waals surface area contributed by atoms with Crippen LogP contribution in [0.15, 0.2) is 4.99 Å². The fourth-order valence-corrected chi connectivity index (χ4v) is 2.81. The molecular weight excluding hydrogens is 348 g/mol. The lowest BCUT2D eigenvalue weighted by Crippen LogP contribution is -2.47. The molecule has 0 unspecified atom stereocenters. The summed E-state index contributed by atoms with van der Waals surface area (Å²) in [6, 6.07) is 0. The summed E-state index contributed by atoms with van der Waals surface area (Å²) in [6.07, 6.45) is 3.71. The quantitative estimate of drug-likeness (QED) is 0.358. The molecule has 2 N–H and O–H groups in total. The van der Waals surface area contributed by atoms with Gasteiger partial charge in [0.15, 0.2) is 5.96 Å². The van der Waals surface area contributed by atoms with Crippen molar-refractivity contribution in [1.82, 2.24) is 15.5 Å². The van der Waals surface area contributed by atoms with Gasteiger partial charge in [-0.2, -0.15) is 0 Å². The Labute approximate surface area is 164 Å². The minimum Gasteiger partial charge on any atom is -0.444 e. The average Bonchev–Trinajstić information content (AvgIpc) is 2.61. The summed E-state index contributed by atoms with van der Waals surface area (Å²) in [5, 5.41) is 6.13. The SMILES string of the molecule is CN=C(NCCCNC(=O)OC(C)(C)C)N1CCC(OCCCOC)CC1. The molecule has 1 aliphatic heterocycles. The Morgan fingerprint density at radius 3 is 2.37 bits per heavy atom. The number of carbonyl (C=O) groups excluding carboxylic acids is 1.